The summed E-state index contributed by atoms with van der Waals surface area (Å²) < 4.78 is 1.51. The number of hydrogen-bond acceptors (Lipinski definition) is 7. The van der Waals surface area contributed by atoms with Crippen molar-refractivity contribution in [1.29, 1.82) is 0 Å². The molecule has 0 aromatic carbocycles. The van der Waals surface area contributed by atoms with E-state index < -0.39 is 10.2 Å². The van der Waals surface area contributed by atoms with Crippen LogP contribution in [-0.2, 0) is 6.54 Å². The summed E-state index contributed by atoms with van der Waals surface area (Å²) in [6.45, 7) is 2.28. The molecule has 0 saturated heterocycles. The second kappa shape index (κ2) is 4.80. The van der Waals surface area contributed by atoms with E-state index in [9.17, 15) is 10.1 Å². The highest BCUT2D eigenvalue weighted by atomic mass is 32.1. The fourth-order valence-corrected chi connectivity index (χ4v) is 2.45. The van der Waals surface area contributed by atoms with Gasteiger partial charge in [0, 0.05) is 0 Å². The molecule has 1 atom stereocenters. The van der Waals surface area contributed by atoms with Crippen LogP contribution in [0.25, 0.3) is 0 Å². The van der Waals surface area contributed by atoms with E-state index in [-0.39, 0.29) is 5.82 Å². The van der Waals surface area contributed by atoms with E-state index in [0.717, 1.165) is 0 Å². The minimum Gasteiger partial charge on any atom is -0.358 e. The lowest BCUT2D eigenvalue weighted by atomic mass is 10.4. The van der Waals surface area contributed by atoms with Gasteiger partial charge in [-0.2, -0.15) is 12.6 Å². The largest absolute Gasteiger partial charge is 0.358 e. The number of imidazole rings is 1. The maximum absolute atomic E-state index is 10.8. The topological polar surface area (TPSA) is 86.7 Å². The lowest BCUT2D eigenvalue weighted by Crippen LogP contribution is -2.08. The van der Waals surface area contributed by atoms with Crippen LogP contribution in [0.4, 0.5) is 5.82 Å². The molecule has 0 amide bonds. The van der Waals surface area contributed by atoms with E-state index in [1.807, 2.05) is 6.92 Å². The summed E-state index contributed by atoms with van der Waals surface area (Å²) in [6.07, 6.45) is 1.24. The molecule has 90 valence electrons. The Kier molecular flexibility index (Phi) is 3.38. The van der Waals surface area contributed by atoms with Gasteiger partial charge in [-0.3, -0.25) is 0 Å². The Balaban J connectivity index is 2.42. The van der Waals surface area contributed by atoms with Crippen LogP contribution in [0.5, 0.6) is 0 Å². The van der Waals surface area contributed by atoms with Crippen molar-refractivity contribution in [3.05, 3.63) is 32.7 Å². The van der Waals surface area contributed by atoms with Crippen molar-refractivity contribution in [3.8, 4) is 0 Å². The Labute approximate surface area is 106 Å². The van der Waals surface area contributed by atoms with Gasteiger partial charge in [0.05, 0.1) is 6.54 Å². The molecule has 0 aliphatic heterocycles. The molecule has 0 aliphatic rings. The number of rotatable bonds is 4. The highest BCUT2D eigenvalue weighted by molar-refractivity contribution is 7.80. The predicted molar refractivity (Wildman–Crippen MR) is 65.3 cm³/mol. The van der Waals surface area contributed by atoms with Gasteiger partial charge in [-0.05, 0) is 11.8 Å². The summed E-state index contributed by atoms with van der Waals surface area (Å²) in [7, 11) is 0. The average Bonchev–Trinajstić information content (AvgIpc) is 2.96. The second-order valence-electron chi connectivity index (χ2n) is 3.16. The van der Waals surface area contributed by atoms with Gasteiger partial charge in [0.15, 0.2) is 0 Å². The molecule has 0 bridgehead atoms. The van der Waals surface area contributed by atoms with Crippen molar-refractivity contribution < 1.29 is 4.92 Å². The number of nitrogens with zero attached hydrogens (tertiary/aromatic N) is 5. The van der Waals surface area contributed by atoms with E-state index >= 15 is 0 Å². The minimum absolute atomic E-state index is 0.0361. The van der Waals surface area contributed by atoms with Gasteiger partial charge in [-0.1, -0.05) is 0 Å². The van der Waals surface area contributed by atoms with Crippen molar-refractivity contribution in [1.82, 2.24) is 19.7 Å². The third-order valence-corrected chi connectivity index (χ3v) is 3.63. The minimum atomic E-state index is -0.458. The molecule has 0 radical (unpaired) electrons. The lowest BCUT2D eigenvalue weighted by Gasteiger charge is -2.05. The van der Waals surface area contributed by atoms with E-state index in [2.05, 4.69) is 27.8 Å². The molecule has 2 aromatic heterocycles. The lowest BCUT2D eigenvalue weighted by molar-refractivity contribution is -0.392. The van der Waals surface area contributed by atoms with E-state index in [0.29, 0.717) is 17.4 Å². The van der Waals surface area contributed by atoms with Crippen molar-refractivity contribution in [2.45, 2.75) is 18.7 Å². The molecule has 0 fully saturated rings. The van der Waals surface area contributed by atoms with E-state index in [4.69, 9.17) is 0 Å². The first-order valence-corrected chi connectivity index (χ1v) is 6.18. The van der Waals surface area contributed by atoms with Crippen LogP contribution in [0.15, 0.2) is 11.7 Å². The van der Waals surface area contributed by atoms with E-state index in [1.165, 1.54) is 22.1 Å². The number of aromatic nitrogens is 4. The Hall–Kier alpha value is -1.48. The zero-order valence-corrected chi connectivity index (χ0v) is 10.6. The molecule has 2 aromatic rings. The molecule has 7 nitrogen and oxygen atoms in total. The van der Waals surface area contributed by atoms with Crippen molar-refractivity contribution in [3.63, 3.8) is 0 Å². The fourth-order valence-electron chi connectivity index (χ4n) is 1.48. The zero-order valence-electron chi connectivity index (χ0n) is 8.85. The smallest absolute Gasteiger partial charge is 0.342 e. The van der Waals surface area contributed by atoms with Crippen molar-refractivity contribution in [2.24, 2.45) is 0 Å². The molecule has 2 heterocycles. The average molecular weight is 271 g/mol. The summed E-state index contributed by atoms with van der Waals surface area (Å²) in [6, 6.07) is 0. The number of nitro groups is 1. The van der Waals surface area contributed by atoms with Crippen LogP contribution in [0.2, 0.25) is 0 Å². The molecule has 0 saturated carbocycles. The maximum Gasteiger partial charge on any atom is 0.342 e. The second-order valence-corrected chi connectivity index (χ2v) is 4.54. The summed E-state index contributed by atoms with van der Waals surface area (Å²) in [5.41, 5.74) is 1.59. The molecule has 0 spiro atoms. The van der Waals surface area contributed by atoms with Gasteiger partial charge in [0.25, 0.3) is 0 Å². The molecule has 17 heavy (non-hydrogen) atoms. The third-order valence-electron chi connectivity index (χ3n) is 2.22. The molecular weight excluding hydrogens is 262 g/mol. The first kappa shape index (κ1) is 12.0. The predicted octanol–water partition coefficient (Wildman–Crippen LogP) is 1.68. The number of thiol groups is 1. The Morgan fingerprint density at radius 1 is 1.71 bits per heavy atom. The molecular formula is C8H9N5O2S2. The van der Waals surface area contributed by atoms with Crippen molar-refractivity contribution >= 4 is 29.8 Å². The SMILES string of the molecule is CCn1c([N+](=O)[O-])cnc1C(S)c1nncs1. The third kappa shape index (κ3) is 2.15. The number of hydrogen-bond donors (Lipinski definition) is 1. The van der Waals surface area contributed by atoms with Crippen LogP contribution in [0.1, 0.15) is 23.0 Å². The van der Waals surface area contributed by atoms with Gasteiger partial charge in [-0.15, -0.1) is 21.5 Å². The Morgan fingerprint density at radius 2 is 2.47 bits per heavy atom. The Morgan fingerprint density at radius 3 is 3.00 bits per heavy atom. The summed E-state index contributed by atoms with van der Waals surface area (Å²) in [5.74, 6) is 0.477. The van der Waals surface area contributed by atoms with Crippen LogP contribution in [-0.4, -0.2) is 24.7 Å². The van der Waals surface area contributed by atoms with Crippen LogP contribution in [0, 0.1) is 10.1 Å². The zero-order chi connectivity index (χ0) is 12.4. The summed E-state index contributed by atoms with van der Waals surface area (Å²) in [4.78, 5) is 14.4. The van der Waals surface area contributed by atoms with Gasteiger partial charge in [-0.25, -0.2) is 9.55 Å². The molecule has 1 unspecified atom stereocenters. The first-order chi connectivity index (χ1) is 8.15. The molecule has 0 N–H and O–H groups in total. The highest BCUT2D eigenvalue weighted by Crippen LogP contribution is 2.30. The van der Waals surface area contributed by atoms with Gasteiger partial charge in [0.1, 0.15) is 22.0 Å². The van der Waals surface area contributed by atoms with Gasteiger partial charge < -0.3 is 10.1 Å². The van der Waals surface area contributed by atoms with Crippen LogP contribution < -0.4 is 0 Å². The standard InChI is InChI=1S/C8H9N5O2S2/c1-2-12-5(13(14)15)3-9-7(12)6(16)8-11-10-4-17-8/h3-4,6,16H,2H2,1H3. The fraction of sp³-hybridized carbons (Fsp3) is 0.375. The maximum atomic E-state index is 10.8. The molecule has 9 heteroatoms. The quantitative estimate of drug-likeness (QED) is 0.519. The molecule has 2 rings (SSSR count). The summed E-state index contributed by atoms with van der Waals surface area (Å²) in [5, 5.41) is 18.7. The summed E-state index contributed by atoms with van der Waals surface area (Å²) >= 11 is 5.72. The van der Waals surface area contributed by atoms with Crippen LogP contribution >= 0.6 is 24.0 Å². The van der Waals surface area contributed by atoms with Crippen LogP contribution in [0.3, 0.4) is 0 Å². The Bertz CT molecular complexity index is 524. The normalized spacial score (nSPS) is 12.6. The first-order valence-electron chi connectivity index (χ1n) is 4.79. The van der Waals surface area contributed by atoms with Crippen molar-refractivity contribution in [2.75, 3.05) is 0 Å². The monoisotopic (exact) mass is 271 g/mol. The van der Waals surface area contributed by atoms with E-state index in [1.54, 1.807) is 5.51 Å². The van der Waals surface area contributed by atoms with Gasteiger partial charge in [0.2, 0.25) is 5.82 Å². The van der Waals surface area contributed by atoms with Gasteiger partial charge >= 0.3 is 5.82 Å². The molecule has 0 aliphatic carbocycles. The highest BCUT2D eigenvalue weighted by Gasteiger charge is 2.26.